The third-order valence-corrected chi connectivity index (χ3v) is 4.28. The molecule has 1 aliphatic rings. The highest BCUT2D eigenvalue weighted by Gasteiger charge is 2.40. The maximum atomic E-state index is 5.79. The summed E-state index contributed by atoms with van der Waals surface area (Å²) in [5.41, 5.74) is 0.228. The van der Waals surface area contributed by atoms with Crippen molar-refractivity contribution in [2.75, 3.05) is 59.8 Å². The Balaban J connectivity index is 2.15. The van der Waals surface area contributed by atoms with Crippen LogP contribution in [0, 0.1) is 5.41 Å². The van der Waals surface area contributed by atoms with Gasteiger partial charge in [-0.15, -0.1) is 0 Å². The quantitative estimate of drug-likeness (QED) is 0.526. The monoisotopic (exact) mass is 303 g/mol. The van der Waals surface area contributed by atoms with E-state index in [1.807, 2.05) is 0 Å². The van der Waals surface area contributed by atoms with Gasteiger partial charge in [0.25, 0.3) is 0 Å². The van der Waals surface area contributed by atoms with E-state index in [0.29, 0.717) is 32.5 Å². The highest BCUT2D eigenvalue weighted by atomic mass is 16.5. The molecular weight excluding hydrogens is 270 g/mol. The Hall–Kier alpha value is -0.200. The lowest BCUT2D eigenvalue weighted by Gasteiger charge is -2.32. The molecule has 0 aromatic carbocycles. The number of hydrogen-bond acceptors (Lipinski definition) is 5. The molecule has 2 atom stereocenters. The molecule has 5 nitrogen and oxygen atoms in total. The minimum Gasteiger partial charge on any atom is -0.382 e. The third-order valence-electron chi connectivity index (χ3n) is 4.28. The molecule has 1 heterocycles. The number of hydrogen-bond donors (Lipinski definition) is 1. The van der Waals surface area contributed by atoms with E-state index in [2.05, 4.69) is 19.2 Å². The minimum atomic E-state index is 0.228. The molecule has 0 aromatic rings. The normalized spacial score (nSPS) is 25.6. The molecule has 1 aliphatic heterocycles. The summed E-state index contributed by atoms with van der Waals surface area (Å²) in [5.74, 6) is 0. The van der Waals surface area contributed by atoms with Crippen molar-refractivity contribution in [2.45, 2.75) is 39.2 Å². The van der Waals surface area contributed by atoms with Crippen LogP contribution >= 0.6 is 0 Å². The van der Waals surface area contributed by atoms with Crippen molar-refractivity contribution < 1.29 is 18.9 Å². The van der Waals surface area contributed by atoms with Crippen LogP contribution in [0.25, 0.3) is 0 Å². The number of methoxy groups -OCH3 is 1. The van der Waals surface area contributed by atoms with Crippen LogP contribution in [0.3, 0.4) is 0 Å². The van der Waals surface area contributed by atoms with Gasteiger partial charge < -0.3 is 24.3 Å². The van der Waals surface area contributed by atoms with Crippen LogP contribution in [-0.2, 0) is 18.9 Å². The largest absolute Gasteiger partial charge is 0.382 e. The number of rotatable bonds is 13. The Labute approximate surface area is 129 Å². The molecule has 1 rings (SSSR count). The lowest BCUT2D eigenvalue weighted by Crippen LogP contribution is -2.40. The Morgan fingerprint density at radius 3 is 2.48 bits per heavy atom. The molecule has 1 saturated heterocycles. The predicted molar refractivity (Wildman–Crippen MR) is 83.8 cm³/mol. The van der Waals surface area contributed by atoms with Crippen molar-refractivity contribution in [1.82, 2.24) is 5.32 Å². The Morgan fingerprint density at radius 1 is 1.14 bits per heavy atom. The summed E-state index contributed by atoms with van der Waals surface area (Å²) < 4.78 is 21.8. The highest BCUT2D eigenvalue weighted by Crippen LogP contribution is 2.37. The molecule has 1 fully saturated rings. The fourth-order valence-electron chi connectivity index (χ4n) is 2.72. The molecule has 0 aromatic heterocycles. The van der Waals surface area contributed by atoms with E-state index < -0.39 is 0 Å². The zero-order chi connectivity index (χ0) is 15.4. The van der Waals surface area contributed by atoms with Gasteiger partial charge >= 0.3 is 0 Å². The molecule has 1 N–H and O–H groups in total. The summed E-state index contributed by atoms with van der Waals surface area (Å²) in [6.07, 6.45) is 3.64. The van der Waals surface area contributed by atoms with Gasteiger partial charge in [-0.25, -0.2) is 0 Å². The maximum Gasteiger partial charge on any atom is 0.0701 e. The molecular formula is C16H33NO4. The van der Waals surface area contributed by atoms with Crippen LogP contribution in [0.5, 0.6) is 0 Å². The van der Waals surface area contributed by atoms with Crippen LogP contribution in [0.15, 0.2) is 0 Å². The first kappa shape index (κ1) is 18.8. The number of nitrogens with one attached hydrogen (secondary N) is 1. The standard InChI is InChI=1S/C16H33NO4/c1-4-7-17-14-16(6-9-21-15(16)2)5-8-19-12-13-20-11-10-18-3/h15,17H,4-14H2,1-3H3. The van der Waals surface area contributed by atoms with Gasteiger partial charge in [0.15, 0.2) is 0 Å². The SMILES string of the molecule is CCCNCC1(CCOCCOCCOC)CCOC1C. The summed E-state index contributed by atoms with van der Waals surface area (Å²) in [4.78, 5) is 0. The molecule has 0 radical (unpaired) electrons. The first-order chi connectivity index (χ1) is 10.2. The van der Waals surface area contributed by atoms with E-state index in [9.17, 15) is 0 Å². The summed E-state index contributed by atoms with van der Waals surface area (Å²) in [7, 11) is 1.68. The lowest BCUT2D eigenvalue weighted by molar-refractivity contribution is 0.00460. The summed E-state index contributed by atoms with van der Waals surface area (Å²) in [5, 5.41) is 3.55. The van der Waals surface area contributed by atoms with Gasteiger partial charge in [-0.3, -0.25) is 0 Å². The van der Waals surface area contributed by atoms with Gasteiger partial charge in [0.05, 0.1) is 32.5 Å². The second kappa shape index (κ2) is 11.4. The van der Waals surface area contributed by atoms with Crippen LogP contribution in [0.4, 0.5) is 0 Å². The molecule has 2 unspecified atom stereocenters. The molecule has 21 heavy (non-hydrogen) atoms. The Kier molecular flexibility index (Phi) is 10.2. The van der Waals surface area contributed by atoms with Crippen molar-refractivity contribution >= 4 is 0 Å². The van der Waals surface area contributed by atoms with Gasteiger partial charge in [0.1, 0.15) is 0 Å². The van der Waals surface area contributed by atoms with Crippen molar-refractivity contribution in [3.05, 3.63) is 0 Å². The molecule has 5 heteroatoms. The van der Waals surface area contributed by atoms with Crippen molar-refractivity contribution in [2.24, 2.45) is 5.41 Å². The van der Waals surface area contributed by atoms with Gasteiger partial charge in [-0.05, 0) is 32.7 Å². The molecule has 0 saturated carbocycles. The molecule has 0 spiro atoms. The summed E-state index contributed by atoms with van der Waals surface area (Å²) in [6, 6.07) is 0. The van der Waals surface area contributed by atoms with Crippen molar-refractivity contribution in [1.29, 1.82) is 0 Å². The van der Waals surface area contributed by atoms with Crippen molar-refractivity contribution in [3.63, 3.8) is 0 Å². The summed E-state index contributed by atoms with van der Waals surface area (Å²) >= 11 is 0. The Morgan fingerprint density at radius 2 is 1.86 bits per heavy atom. The van der Waals surface area contributed by atoms with E-state index in [4.69, 9.17) is 18.9 Å². The number of ether oxygens (including phenoxy) is 4. The highest BCUT2D eigenvalue weighted by molar-refractivity contribution is 4.91. The lowest BCUT2D eigenvalue weighted by atomic mass is 9.78. The van der Waals surface area contributed by atoms with Crippen LogP contribution in [-0.4, -0.2) is 65.9 Å². The van der Waals surface area contributed by atoms with E-state index >= 15 is 0 Å². The van der Waals surface area contributed by atoms with Gasteiger partial charge in [0.2, 0.25) is 0 Å². The second-order valence-electron chi connectivity index (χ2n) is 5.77. The minimum absolute atomic E-state index is 0.228. The van der Waals surface area contributed by atoms with Gasteiger partial charge in [0, 0.05) is 32.3 Å². The topological polar surface area (TPSA) is 49.0 Å². The van der Waals surface area contributed by atoms with E-state index in [0.717, 1.165) is 39.1 Å². The van der Waals surface area contributed by atoms with Crippen LogP contribution in [0.1, 0.15) is 33.1 Å². The second-order valence-corrected chi connectivity index (χ2v) is 5.77. The smallest absolute Gasteiger partial charge is 0.0701 e. The van der Waals surface area contributed by atoms with Gasteiger partial charge in [-0.2, -0.15) is 0 Å². The van der Waals surface area contributed by atoms with Gasteiger partial charge in [-0.1, -0.05) is 6.92 Å². The zero-order valence-electron chi connectivity index (χ0n) is 14.0. The summed E-state index contributed by atoms with van der Waals surface area (Å²) in [6.45, 7) is 10.7. The fourth-order valence-corrected chi connectivity index (χ4v) is 2.72. The molecule has 126 valence electrons. The molecule has 0 aliphatic carbocycles. The molecule has 0 bridgehead atoms. The van der Waals surface area contributed by atoms with E-state index in [-0.39, 0.29) is 5.41 Å². The van der Waals surface area contributed by atoms with E-state index in [1.54, 1.807) is 7.11 Å². The fraction of sp³-hybridized carbons (Fsp3) is 1.00. The average molecular weight is 303 g/mol. The van der Waals surface area contributed by atoms with E-state index in [1.165, 1.54) is 6.42 Å². The third kappa shape index (κ3) is 7.06. The molecule has 0 amide bonds. The Bertz CT molecular complexity index is 252. The van der Waals surface area contributed by atoms with Crippen molar-refractivity contribution in [3.8, 4) is 0 Å². The van der Waals surface area contributed by atoms with Crippen LogP contribution < -0.4 is 5.32 Å². The average Bonchev–Trinajstić information content (AvgIpc) is 2.84. The first-order valence-corrected chi connectivity index (χ1v) is 8.22. The van der Waals surface area contributed by atoms with Crippen LogP contribution in [0.2, 0.25) is 0 Å². The zero-order valence-corrected chi connectivity index (χ0v) is 14.0. The maximum absolute atomic E-state index is 5.79. The predicted octanol–water partition coefficient (Wildman–Crippen LogP) is 1.85. The first-order valence-electron chi connectivity index (χ1n) is 8.22.